The number of ether oxygens (including phenoxy) is 4. The van der Waals surface area contributed by atoms with Crippen LogP contribution >= 0.6 is 0 Å². The number of hydrogen-bond donors (Lipinski definition) is 3. The van der Waals surface area contributed by atoms with Crippen LogP contribution in [0.25, 0.3) is 11.1 Å². The van der Waals surface area contributed by atoms with Gasteiger partial charge in [-0.15, -0.1) is 0 Å². The van der Waals surface area contributed by atoms with Crippen molar-refractivity contribution in [2.75, 3.05) is 20.3 Å². The molecule has 62 heavy (non-hydrogen) atoms. The minimum absolute atomic E-state index is 0.0353. The number of esters is 1. The van der Waals surface area contributed by atoms with Gasteiger partial charge in [0.1, 0.15) is 29.7 Å². The zero-order chi connectivity index (χ0) is 44.3. The van der Waals surface area contributed by atoms with E-state index in [2.05, 4.69) is 27.2 Å². The van der Waals surface area contributed by atoms with E-state index in [0.717, 1.165) is 50.3 Å². The van der Waals surface area contributed by atoms with Crippen molar-refractivity contribution < 1.29 is 37.0 Å². The molecule has 0 radical (unpaired) electrons. The highest BCUT2D eigenvalue weighted by Gasteiger charge is 2.37. The number of sulfonamides is 1. The maximum atomic E-state index is 14.2. The zero-order valence-corrected chi connectivity index (χ0v) is 37.0. The van der Waals surface area contributed by atoms with Gasteiger partial charge in [0.05, 0.1) is 12.0 Å². The summed E-state index contributed by atoms with van der Waals surface area (Å²) in [7, 11) is -2.55. The number of carbonyl (C=O) groups excluding carboxylic acids is 2. The van der Waals surface area contributed by atoms with Crippen LogP contribution in [0.3, 0.4) is 0 Å². The summed E-state index contributed by atoms with van der Waals surface area (Å²) in [4.78, 5) is 32.3. The molecule has 7 rings (SSSR count). The highest BCUT2D eigenvalue weighted by atomic mass is 32.2. The van der Waals surface area contributed by atoms with Crippen molar-refractivity contribution in [3.05, 3.63) is 147 Å². The number of hydrogen-bond acceptors (Lipinski definition) is 9. The van der Waals surface area contributed by atoms with Gasteiger partial charge in [-0.2, -0.15) is 0 Å². The second-order valence-corrected chi connectivity index (χ2v) is 18.2. The van der Waals surface area contributed by atoms with Crippen molar-refractivity contribution >= 4 is 28.0 Å². The molecule has 13 heteroatoms. The summed E-state index contributed by atoms with van der Waals surface area (Å²) in [5.74, 6) is 0.184. The average molecular weight is 859 g/mol. The fourth-order valence-electron chi connectivity index (χ4n) is 8.44. The summed E-state index contributed by atoms with van der Waals surface area (Å²) >= 11 is 0. The van der Waals surface area contributed by atoms with Gasteiger partial charge in [0.25, 0.3) is 10.0 Å². The van der Waals surface area contributed by atoms with Crippen molar-refractivity contribution in [2.45, 2.75) is 89.4 Å². The second kappa shape index (κ2) is 17.9. The summed E-state index contributed by atoms with van der Waals surface area (Å²) in [5, 5.41) is 2.76. The molecule has 0 spiro atoms. The van der Waals surface area contributed by atoms with Gasteiger partial charge in [0.2, 0.25) is 5.96 Å². The number of nitrogens with two attached hydrogens (primary N) is 1. The van der Waals surface area contributed by atoms with Crippen LogP contribution in [0.4, 0.5) is 4.79 Å². The van der Waals surface area contributed by atoms with E-state index in [1.165, 1.54) is 0 Å². The number of alkyl carbamates (subject to hydrolysis) is 1. The number of guanidine groups is 1. The van der Waals surface area contributed by atoms with E-state index in [4.69, 9.17) is 24.7 Å². The first kappa shape index (κ1) is 43.7. The molecule has 1 aliphatic heterocycles. The minimum Gasteiger partial charge on any atom is -0.497 e. The molecule has 1 aliphatic carbocycles. The molecule has 324 valence electrons. The standard InChI is InChI=1S/C49H54N4O8S/c1-29-18-20-33(21-19-29)44(34-22-24-35(58-7)25-23-34)60-46(54)42(52-48(55)59-28-41-38-15-10-8-13-36(38)37-14-9-11-16-39(37)41)17-12-26-51-47(50)53-62(56,57)45-31(3)30(2)43-40(32(45)4)27-49(5,6)61-43/h8-11,13-16,18-25,41-42,44H,12,17,26-28H2,1-7H3,(H,52,55)(H3,50,51,53)/t42-,44?/m0/s1. The maximum Gasteiger partial charge on any atom is 0.407 e. The molecule has 2 aliphatic rings. The van der Waals surface area contributed by atoms with Crippen LogP contribution in [0.15, 0.2) is 107 Å². The molecular formula is C49H54N4O8S. The molecule has 0 aromatic heterocycles. The third-order valence-electron chi connectivity index (χ3n) is 11.7. The van der Waals surface area contributed by atoms with E-state index in [1.807, 2.05) is 100 Å². The van der Waals surface area contributed by atoms with E-state index >= 15 is 0 Å². The van der Waals surface area contributed by atoms with Gasteiger partial charge in [-0.1, -0.05) is 90.5 Å². The fraction of sp³-hybridized carbons (Fsp3) is 0.327. The van der Waals surface area contributed by atoms with Gasteiger partial charge in [0, 0.05) is 24.4 Å². The molecule has 1 unspecified atom stereocenters. The van der Waals surface area contributed by atoms with Crippen LogP contribution in [-0.2, 0) is 30.7 Å². The molecule has 5 aromatic carbocycles. The number of benzene rings is 5. The van der Waals surface area contributed by atoms with Crippen molar-refractivity contribution in [3.8, 4) is 22.6 Å². The Balaban J connectivity index is 1.08. The summed E-state index contributed by atoms with van der Waals surface area (Å²) in [6.45, 7) is 11.4. The van der Waals surface area contributed by atoms with Crippen LogP contribution in [0, 0.1) is 27.7 Å². The van der Waals surface area contributed by atoms with Gasteiger partial charge in [-0.05, 0) is 117 Å². The molecular weight excluding hydrogens is 805 g/mol. The molecule has 0 saturated heterocycles. The first-order chi connectivity index (χ1) is 29.6. The topological polar surface area (TPSA) is 168 Å². The number of carbonyl (C=O) groups is 2. The number of rotatable bonds is 14. The first-order valence-electron chi connectivity index (χ1n) is 20.7. The Labute approximate surface area is 363 Å². The first-order valence-corrected chi connectivity index (χ1v) is 22.2. The number of aliphatic imine (C=N–C) groups is 1. The predicted octanol–water partition coefficient (Wildman–Crippen LogP) is 8.26. The molecule has 4 N–H and O–H groups in total. The number of methoxy groups -OCH3 is 1. The Kier molecular flexibility index (Phi) is 12.7. The SMILES string of the molecule is COc1ccc(C(OC(=O)[C@H](CCCN=C(N)NS(=O)(=O)c2c(C)c(C)c3c(c2C)CC(C)(C)O3)NC(=O)OCC2c3ccccc3-c3ccccc32)c2ccc(C)cc2)cc1. The Hall–Kier alpha value is -6.34. The predicted molar refractivity (Wildman–Crippen MR) is 239 cm³/mol. The van der Waals surface area contributed by atoms with Gasteiger partial charge < -0.3 is 30.0 Å². The van der Waals surface area contributed by atoms with Crippen LogP contribution in [0.1, 0.15) is 88.8 Å². The highest BCUT2D eigenvalue weighted by Crippen LogP contribution is 2.45. The second-order valence-electron chi connectivity index (χ2n) is 16.6. The average Bonchev–Trinajstić information content (AvgIpc) is 3.76. The van der Waals surface area contributed by atoms with Gasteiger partial charge in [-0.3, -0.25) is 4.99 Å². The normalized spacial score (nSPS) is 15.0. The Morgan fingerprint density at radius 2 is 1.45 bits per heavy atom. The molecule has 5 aromatic rings. The van der Waals surface area contributed by atoms with Crippen molar-refractivity contribution in [1.82, 2.24) is 10.0 Å². The van der Waals surface area contributed by atoms with Gasteiger partial charge >= 0.3 is 12.1 Å². The lowest BCUT2D eigenvalue weighted by Crippen LogP contribution is -2.43. The molecule has 2 atom stereocenters. The third kappa shape index (κ3) is 9.28. The Morgan fingerprint density at radius 3 is 2.06 bits per heavy atom. The van der Waals surface area contributed by atoms with Crippen molar-refractivity contribution in [2.24, 2.45) is 10.7 Å². The fourth-order valence-corrected chi connectivity index (χ4v) is 9.97. The summed E-state index contributed by atoms with van der Waals surface area (Å²) in [5.41, 5.74) is 15.3. The molecule has 0 fully saturated rings. The van der Waals surface area contributed by atoms with E-state index in [0.29, 0.717) is 28.9 Å². The van der Waals surface area contributed by atoms with E-state index < -0.39 is 39.8 Å². The smallest absolute Gasteiger partial charge is 0.407 e. The lowest BCUT2D eigenvalue weighted by atomic mass is 9.94. The van der Waals surface area contributed by atoms with Crippen LogP contribution in [-0.4, -0.2) is 58.3 Å². The minimum atomic E-state index is -4.13. The zero-order valence-electron chi connectivity index (χ0n) is 36.2. The Morgan fingerprint density at radius 1 is 0.855 bits per heavy atom. The van der Waals surface area contributed by atoms with E-state index in [-0.39, 0.29) is 42.8 Å². The number of nitrogens with zero attached hydrogens (tertiary/aromatic N) is 1. The molecule has 12 nitrogen and oxygen atoms in total. The van der Waals surface area contributed by atoms with Crippen LogP contribution < -0.4 is 25.2 Å². The number of amides is 1. The number of nitrogens with one attached hydrogen (secondary N) is 2. The van der Waals surface area contributed by atoms with Crippen molar-refractivity contribution in [1.29, 1.82) is 0 Å². The Bertz CT molecular complexity index is 2580. The molecule has 0 saturated carbocycles. The largest absolute Gasteiger partial charge is 0.497 e. The molecule has 1 amide bonds. The van der Waals surface area contributed by atoms with Crippen molar-refractivity contribution in [3.63, 3.8) is 0 Å². The number of fused-ring (bicyclic) bond motifs is 4. The van der Waals surface area contributed by atoms with E-state index in [1.54, 1.807) is 33.1 Å². The van der Waals surface area contributed by atoms with Crippen LogP contribution in [0.5, 0.6) is 11.5 Å². The molecule has 0 bridgehead atoms. The lowest BCUT2D eigenvalue weighted by molar-refractivity contribution is -0.150. The monoisotopic (exact) mass is 858 g/mol. The number of aryl methyl sites for hydroxylation is 1. The van der Waals surface area contributed by atoms with Gasteiger partial charge in [-0.25, -0.2) is 22.7 Å². The highest BCUT2D eigenvalue weighted by molar-refractivity contribution is 7.90. The quantitative estimate of drug-likeness (QED) is 0.0431. The molecule has 1 heterocycles. The van der Waals surface area contributed by atoms with Gasteiger partial charge in [0.15, 0.2) is 6.10 Å². The maximum absolute atomic E-state index is 14.2. The lowest BCUT2D eigenvalue weighted by Gasteiger charge is -2.24. The van der Waals surface area contributed by atoms with Crippen LogP contribution in [0.2, 0.25) is 0 Å². The summed E-state index contributed by atoms with van der Waals surface area (Å²) < 4.78 is 53.6. The third-order valence-corrected chi connectivity index (χ3v) is 13.3. The summed E-state index contributed by atoms with van der Waals surface area (Å²) in [6.07, 6.45) is -0.720. The van der Waals surface area contributed by atoms with E-state index in [9.17, 15) is 18.0 Å². The summed E-state index contributed by atoms with van der Waals surface area (Å²) in [6, 6.07) is 29.8.